The summed E-state index contributed by atoms with van der Waals surface area (Å²) in [7, 11) is 0. The first kappa shape index (κ1) is 18.7. The Labute approximate surface area is 149 Å². The van der Waals surface area contributed by atoms with Crippen molar-refractivity contribution in [2.24, 2.45) is 5.10 Å². The van der Waals surface area contributed by atoms with Gasteiger partial charge >= 0.3 is 0 Å². The third kappa shape index (κ3) is 6.42. The lowest BCUT2D eigenvalue weighted by molar-refractivity contribution is 0.0955. The van der Waals surface area contributed by atoms with Gasteiger partial charge in [-0.2, -0.15) is 5.10 Å². The highest BCUT2D eigenvalue weighted by molar-refractivity contribution is 5.95. The van der Waals surface area contributed by atoms with Crippen LogP contribution in [0.1, 0.15) is 54.1 Å². The number of hydrogen-bond acceptors (Lipinski definition) is 3. The van der Waals surface area contributed by atoms with Crippen molar-refractivity contribution in [2.45, 2.75) is 39.5 Å². The zero-order valence-corrected chi connectivity index (χ0v) is 15.0. The highest BCUT2D eigenvalue weighted by atomic mass is 16.5. The monoisotopic (exact) mass is 338 g/mol. The number of aryl methyl sites for hydroxylation is 1. The Morgan fingerprint density at radius 2 is 1.84 bits per heavy atom. The lowest BCUT2D eigenvalue weighted by Crippen LogP contribution is -2.17. The number of benzene rings is 2. The lowest BCUT2D eigenvalue weighted by atomic mass is 10.1. The number of hydrogen-bond donors (Lipinski definition) is 1. The van der Waals surface area contributed by atoms with Crippen LogP contribution >= 0.6 is 0 Å². The van der Waals surface area contributed by atoms with Crippen LogP contribution in [-0.4, -0.2) is 18.7 Å². The number of nitrogens with one attached hydrogen (secondary N) is 1. The van der Waals surface area contributed by atoms with E-state index < -0.39 is 0 Å². The minimum absolute atomic E-state index is 0.237. The number of rotatable bonds is 9. The molecule has 0 heterocycles. The summed E-state index contributed by atoms with van der Waals surface area (Å²) in [5.74, 6) is 0.552. The molecule has 4 nitrogen and oxygen atoms in total. The second-order valence-corrected chi connectivity index (χ2v) is 5.99. The van der Waals surface area contributed by atoms with Gasteiger partial charge in [-0.1, -0.05) is 50.5 Å². The van der Waals surface area contributed by atoms with Gasteiger partial charge in [0.1, 0.15) is 5.75 Å². The minimum atomic E-state index is -0.237. The van der Waals surface area contributed by atoms with E-state index in [1.807, 2.05) is 43.3 Å². The van der Waals surface area contributed by atoms with Gasteiger partial charge in [0.15, 0.2) is 0 Å². The van der Waals surface area contributed by atoms with E-state index in [1.165, 1.54) is 19.3 Å². The van der Waals surface area contributed by atoms with Gasteiger partial charge in [-0.25, -0.2) is 5.43 Å². The summed E-state index contributed by atoms with van der Waals surface area (Å²) in [6, 6.07) is 15.0. The van der Waals surface area contributed by atoms with Gasteiger partial charge in [-0.15, -0.1) is 0 Å². The molecule has 0 saturated carbocycles. The quantitative estimate of drug-likeness (QED) is 0.409. The van der Waals surface area contributed by atoms with Gasteiger partial charge < -0.3 is 4.74 Å². The molecule has 0 aromatic heterocycles. The molecule has 0 bridgehead atoms. The van der Waals surface area contributed by atoms with Crippen LogP contribution in [0.3, 0.4) is 0 Å². The van der Waals surface area contributed by atoms with Crippen LogP contribution in [0.4, 0.5) is 0 Å². The molecule has 0 saturated heterocycles. The Bertz CT molecular complexity index is 693. The Morgan fingerprint density at radius 1 is 1.08 bits per heavy atom. The van der Waals surface area contributed by atoms with Crippen molar-refractivity contribution in [3.05, 3.63) is 65.2 Å². The molecular weight excluding hydrogens is 312 g/mol. The van der Waals surface area contributed by atoms with Crippen molar-refractivity contribution in [3.8, 4) is 5.75 Å². The largest absolute Gasteiger partial charge is 0.494 e. The van der Waals surface area contributed by atoms with E-state index in [-0.39, 0.29) is 5.91 Å². The summed E-state index contributed by atoms with van der Waals surface area (Å²) >= 11 is 0. The maximum atomic E-state index is 12.1. The average Bonchev–Trinajstić information content (AvgIpc) is 2.63. The Kier molecular flexibility index (Phi) is 7.70. The maximum Gasteiger partial charge on any atom is 0.271 e. The van der Waals surface area contributed by atoms with Gasteiger partial charge in [0.25, 0.3) is 5.91 Å². The van der Waals surface area contributed by atoms with Crippen LogP contribution in [-0.2, 0) is 0 Å². The van der Waals surface area contributed by atoms with Crippen LogP contribution < -0.4 is 10.2 Å². The Balaban J connectivity index is 1.81. The Hall–Kier alpha value is -2.62. The fourth-order valence-corrected chi connectivity index (χ4v) is 2.38. The van der Waals surface area contributed by atoms with Crippen molar-refractivity contribution in [1.82, 2.24) is 5.43 Å². The summed E-state index contributed by atoms with van der Waals surface area (Å²) in [4.78, 5) is 12.1. The molecule has 4 heteroatoms. The number of nitrogens with zero attached hydrogens (tertiary/aromatic N) is 1. The highest BCUT2D eigenvalue weighted by Crippen LogP contribution is 2.13. The van der Waals surface area contributed by atoms with Crippen LogP contribution in [0, 0.1) is 6.92 Å². The summed E-state index contributed by atoms with van der Waals surface area (Å²) in [5.41, 5.74) is 5.20. The van der Waals surface area contributed by atoms with E-state index in [0.717, 1.165) is 23.3 Å². The molecule has 2 aromatic rings. The normalized spacial score (nSPS) is 10.8. The first-order chi connectivity index (χ1) is 12.2. The molecule has 0 unspecified atom stereocenters. The summed E-state index contributed by atoms with van der Waals surface area (Å²) < 4.78 is 5.68. The number of hydrazone groups is 1. The van der Waals surface area contributed by atoms with E-state index in [2.05, 4.69) is 17.5 Å². The van der Waals surface area contributed by atoms with Crippen molar-refractivity contribution < 1.29 is 9.53 Å². The number of carbonyl (C=O) groups is 1. The van der Waals surface area contributed by atoms with Crippen molar-refractivity contribution >= 4 is 12.1 Å². The first-order valence-electron chi connectivity index (χ1n) is 8.82. The molecule has 132 valence electrons. The summed E-state index contributed by atoms with van der Waals surface area (Å²) in [6.07, 6.45) is 6.36. The van der Waals surface area contributed by atoms with Crippen molar-refractivity contribution in [2.75, 3.05) is 6.61 Å². The summed E-state index contributed by atoms with van der Waals surface area (Å²) in [6.45, 7) is 4.91. The zero-order valence-electron chi connectivity index (χ0n) is 15.0. The summed E-state index contributed by atoms with van der Waals surface area (Å²) in [5, 5.41) is 4.02. The van der Waals surface area contributed by atoms with E-state index in [4.69, 9.17) is 4.74 Å². The maximum absolute atomic E-state index is 12.1. The van der Waals surface area contributed by atoms with Gasteiger partial charge in [-0.3, -0.25) is 4.79 Å². The molecule has 0 spiro atoms. The predicted molar refractivity (Wildman–Crippen MR) is 102 cm³/mol. The van der Waals surface area contributed by atoms with Gasteiger partial charge in [0, 0.05) is 5.56 Å². The molecule has 0 aliphatic heterocycles. The van der Waals surface area contributed by atoms with E-state index >= 15 is 0 Å². The number of carbonyl (C=O) groups excluding carboxylic acids is 1. The van der Waals surface area contributed by atoms with Gasteiger partial charge in [0.05, 0.1) is 12.8 Å². The van der Waals surface area contributed by atoms with Crippen LogP contribution in [0.2, 0.25) is 0 Å². The number of unbranched alkanes of at least 4 members (excludes halogenated alkanes) is 3. The molecule has 0 atom stereocenters. The minimum Gasteiger partial charge on any atom is -0.494 e. The second kappa shape index (κ2) is 10.3. The second-order valence-electron chi connectivity index (χ2n) is 5.99. The van der Waals surface area contributed by atoms with Crippen LogP contribution in [0.25, 0.3) is 0 Å². The fourth-order valence-electron chi connectivity index (χ4n) is 2.38. The molecule has 0 aliphatic rings. The van der Waals surface area contributed by atoms with Crippen molar-refractivity contribution in [1.29, 1.82) is 0 Å². The SMILES string of the molecule is CCCCCCOc1ccc(C(=O)N/N=C/c2ccccc2C)cc1. The first-order valence-corrected chi connectivity index (χ1v) is 8.82. The van der Waals surface area contributed by atoms with E-state index in [9.17, 15) is 4.79 Å². The van der Waals surface area contributed by atoms with Crippen LogP contribution in [0.5, 0.6) is 5.75 Å². The Morgan fingerprint density at radius 3 is 2.56 bits per heavy atom. The standard InChI is InChI=1S/C21H26N2O2/c1-3-4-5-8-15-25-20-13-11-18(12-14-20)21(24)23-22-16-19-10-7-6-9-17(19)2/h6-7,9-14,16H,3-5,8,15H2,1-2H3,(H,23,24)/b22-16+. The zero-order chi connectivity index (χ0) is 17.9. The average molecular weight is 338 g/mol. The molecule has 0 radical (unpaired) electrons. The highest BCUT2D eigenvalue weighted by Gasteiger charge is 2.04. The third-order valence-corrected chi connectivity index (χ3v) is 3.94. The van der Waals surface area contributed by atoms with Crippen LogP contribution in [0.15, 0.2) is 53.6 Å². The molecule has 2 aromatic carbocycles. The molecule has 1 amide bonds. The number of ether oxygens (including phenoxy) is 1. The lowest BCUT2D eigenvalue weighted by Gasteiger charge is -2.06. The van der Waals surface area contributed by atoms with Gasteiger partial charge in [0.2, 0.25) is 0 Å². The predicted octanol–water partition coefficient (Wildman–Crippen LogP) is 4.72. The van der Waals surface area contributed by atoms with E-state index in [0.29, 0.717) is 12.2 Å². The number of amides is 1. The topological polar surface area (TPSA) is 50.7 Å². The van der Waals surface area contributed by atoms with E-state index in [1.54, 1.807) is 18.3 Å². The molecule has 1 N–H and O–H groups in total. The molecule has 2 rings (SSSR count). The third-order valence-electron chi connectivity index (χ3n) is 3.94. The molecule has 0 aliphatic carbocycles. The smallest absolute Gasteiger partial charge is 0.271 e. The molecule has 0 fully saturated rings. The molecule has 25 heavy (non-hydrogen) atoms. The van der Waals surface area contributed by atoms with Gasteiger partial charge in [-0.05, 0) is 48.7 Å². The fraction of sp³-hybridized carbons (Fsp3) is 0.333. The van der Waals surface area contributed by atoms with Crippen molar-refractivity contribution in [3.63, 3.8) is 0 Å². The molecular formula is C21H26N2O2.